The molecule has 0 aliphatic rings. The summed E-state index contributed by atoms with van der Waals surface area (Å²) in [6.45, 7) is 5.75. The van der Waals surface area contributed by atoms with E-state index in [-0.39, 0.29) is 5.69 Å². The van der Waals surface area contributed by atoms with Crippen molar-refractivity contribution in [1.82, 2.24) is 19.5 Å². The van der Waals surface area contributed by atoms with Gasteiger partial charge in [-0.1, -0.05) is 6.92 Å². The molecule has 1 N–H and O–H groups in total. The molecular formula is C12H14N4O2. The molecule has 0 unspecified atom stereocenters. The molecule has 94 valence electrons. The van der Waals surface area contributed by atoms with Crippen LogP contribution in [0.5, 0.6) is 0 Å². The second kappa shape index (κ2) is 4.56. The maximum Gasteiger partial charge on any atom is 0.356 e. The van der Waals surface area contributed by atoms with Crippen molar-refractivity contribution >= 4 is 5.97 Å². The van der Waals surface area contributed by atoms with Crippen molar-refractivity contribution in [2.75, 3.05) is 0 Å². The minimum atomic E-state index is -1.05. The summed E-state index contributed by atoms with van der Waals surface area (Å²) in [4.78, 5) is 23.3. The summed E-state index contributed by atoms with van der Waals surface area (Å²) in [6.07, 6.45) is 3.70. The second-order valence-corrected chi connectivity index (χ2v) is 3.98. The number of carboxylic acid groups (broad SMARTS) is 1. The van der Waals surface area contributed by atoms with Crippen LogP contribution in [0.3, 0.4) is 0 Å². The molecule has 2 heterocycles. The van der Waals surface area contributed by atoms with Crippen LogP contribution in [0, 0.1) is 13.8 Å². The van der Waals surface area contributed by atoms with Crippen LogP contribution in [0.4, 0.5) is 0 Å². The van der Waals surface area contributed by atoms with Crippen molar-refractivity contribution in [3.8, 4) is 5.82 Å². The zero-order valence-electron chi connectivity index (χ0n) is 10.5. The zero-order valence-corrected chi connectivity index (χ0v) is 10.5. The molecule has 0 aromatic carbocycles. The van der Waals surface area contributed by atoms with Crippen LogP contribution < -0.4 is 0 Å². The van der Waals surface area contributed by atoms with Crippen molar-refractivity contribution in [2.24, 2.45) is 0 Å². The normalized spacial score (nSPS) is 10.6. The van der Waals surface area contributed by atoms with Gasteiger partial charge in [0, 0.05) is 17.5 Å². The number of aryl methyl sites for hydroxylation is 2. The molecule has 0 saturated heterocycles. The SMILES string of the molecule is CCc1c(C)nc(C)nc1-n1cnc(C(=O)O)c1. The summed E-state index contributed by atoms with van der Waals surface area (Å²) in [5.74, 6) is 0.307. The number of carboxylic acids is 1. The molecule has 0 radical (unpaired) electrons. The van der Waals surface area contributed by atoms with Gasteiger partial charge in [0.25, 0.3) is 0 Å². The highest BCUT2D eigenvalue weighted by Crippen LogP contribution is 2.16. The van der Waals surface area contributed by atoms with Gasteiger partial charge in [0.1, 0.15) is 18.0 Å². The first-order valence-corrected chi connectivity index (χ1v) is 5.64. The van der Waals surface area contributed by atoms with E-state index in [4.69, 9.17) is 5.11 Å². The number of aromatic nitrogens is 4. The number of hydrogen-bond donors (Lipinski definition) is 1. The third-order valence-corrected chi connectivity index (χ3v) is 2.70. The molecule has 0 fully saturated rings. The first-order valence-electron chi connectivity index (χ1n) is 5.64. The van der Waals surface area contributed by atoms with Crippen LogP contribution in [-0.2, 0) is 6.42 Å². The van der Waals surface area contributed by atoms with Crippen LogP contribution in [0.25, 0.3) is 5.82 Å². The van der Waals surface area contributed by atoms with Crippen molar-refractivity contribution in [1.29, 1.82) is 0 Å². The Hall–Kier alpha value is -2.24. The van der Waals surface area contributed by atoms with Crippen molar-refractivity contribution < 1.29 is 9.90 Å². The first kappa shape index (κ1) is 12.2. The number of nitrogens with zero attached hydrogens (tertiary/aromatic N) is 4. The molecule has 0 amide bonds. The summed E-state index contributed by atoms with van der Waals surface area (Å²) >= 11 is 0. The quantitative estimate of drug-likeness (QED) is 0.888. The first-order chi connectivity index (χ1) is 8.52. The highest BCUT2D eigenvalue weighted by molar-refractivity contribution is 5.85. The van der Waals surface area contributed by atoms with E-state index in [2.05, 4.69) is 15.0 Å². The Kier molecular flexibility index (Phi) is 3.10. The maximum absolute atomic E-state index is 10.8. The number of carbonyl (C=O) groups is 1. The predicted molar refractivity (Wildman–Crippen MR) is 65.0 cm³/mol. The Bertz CT molecular complexity index is 604. The third kappa shape index (κ3) is 2.09. The molecule has 6 nitrogen and oxygen atoms in total. The van der Waals surface area contributed by atoms with Gasteiger partial charge < -0.3 is 5.11 Å². The standard InChI is InChI=1S/C12H14N4O2/c1-4-9-7(2)14-8(3)15-11(9)16-5-10(12(17)18)13-6-16/h5-6H,4H2,1-3H3,(H,17,18). The fraction of sp³-hybridized carbons (Fsp3) is 0.333. The topological polar surface area (TPSA) is 80.9 Å². The molecule has 6 heteroatoms. The van der Waals surface area contributed by atoms with Crippen LogP contribution >= 0.6 is 0 Å². The summed E-state index contributed by atoms with van der Waals surface area (Å²) in [6, 6.07) is 0. The summed E-state index contributed by atoms with van der Waals surface area (Å²) in [5.41, 5.74) is 1.91. The average molecular weight is 246 g/mol. The van der Waals surface area contributed by atoms with Crippen molar-refractivity contribution in [3.63, 3.8) is 0 Å². The van der Waals surface area contributed by atoms with Gasteiger partial charge in [-0.3, -0.25) is 4.57 Å². The smallest absolute Gasteiger partial charge is 0.356 e. The van der Waals surface area contributed by atoms with Gasteiger partial charge in [-0.05, 0) is 20.3 Å². The Morgan fingerprint density at radius 2 is 2.11 bits per heavy atom. The molecule has 2 aromatic heterocycles. The molecule has 0 saturated carbocycles. The van der Waals surface area contributed by atoms with E-state index in [0.717, 1.165) is 17.7 Å². The molecule has 0 aliphatic heterocycles. The van der Waals surface area contributed by atoms with Crippen LogP contribution in [-0.4, -0.2) is 30.6 Å². The van der Waals surface area contributed by atoms with E-state index in [1.807, 2.05) is 20.8 Å². The molecule has 0 spiro atoms. The lowest BCUT2D eigenvalue weighted by molar-refractivity contribution is 0.0691. The minimum Gasteiger partial charge on any atom is -0.476 e. The van der Waals surface area contributed by atoms with Crippen molar-refractivity contribution in [2.45, 2.75) is 27.2 Å². The largest absolute Gasteiger partial charge is 0.476 e. The van der Waals surface area contributed by atoms with E-state index >= 15 is 0 Å². The van der Waals surface area contributed by atoms with E-state index < -0.39 is 5.97 Å². The van der Waals surface area contributed by atoms with Crippen molar-refractivity contribution in [3.05, 3.63) is 35.3 Å². The summed E-state index contributed by atoms with van der Waals surface area (Å²) in [5, 5.41) is 8.87. The Balaban J connectivity index is 2.58. The molecule has 0 atom stereocenters. The Morgan fingerprint density at radius 1 is 1.39 bits per heavy atom. The number of aromatic carboxylic acids is 1. The van der Waals surface area contributed by atoms with E-state index in [0.29, 0.717) is 11.6 Å². The number of hydrogen-bond acceptors (Lipinski definition) is 4. The Labute approximate surface area is 104 Å². The van der Waals surface area contributed by atoms with E-state index in [1.165, 1.54) is 12.5 Å². The molecule has 2 aromatic rings. The van der Waals surface area contributed by atoms with E-state index in [9.17, 15) is 4.79 Å². The van der Waals surface area contributed by atoms with Gasteiger partial charge in [0.05, 0.1) is 0 Å². The van der Waals surface area contributed by atoms with E-state index in [1.54, 1.807) is 4.57 Å². The third-order valence-electron chi connectivity index (χ3n) is 2.70. The number of imidazole rings is 1. The van der Waals surface area contributed by atoms with Gasteiger partial charge in [0.15, 0.2) is 5.69 Å². The summed E-state index contributed by atoms with van der Waals surface area (Å²) < 4.78 is 1.63. The highest BCUT2D eigenvalue weighted by Gasteiger charge is 2.13. The monoisotopic (exact) mass is 246 g/mol. The van der Waals surface area contributed by atoms with Gasteiger partial charge in [-0.25, -0.2) is 19.7 Å². The average Bonchev–Trinajstić information content (AvgIpc) is 2.77. The fourth-order valence-electron chi connectivity index (χ4n) is 1.89. The van der Waals surface area contributed by atoms with Crippen LogP contribution in [0.15, 0.2) is 12.5 Å². The van der Waals surface area contributed by atoms with Gasteiger partial charge in [-0.2, -0.15) is 0 Å². The molecular weight excluding hydrogens is 232 g/mol. The highest BCUT2D eigenvalue weighted by atomic mass is 16.4. The predicted octanol–water partition coefficient (Wildman–Crippen LogP) is 1.54. The fourth-order valence-corrected chi connectivity index (χ4v) is 1.89. The lowest BCUT2D eigenvalue weighted by Crippen LogP contribution is -2.07. The molecule has 0 aliphatic carbocycles. The maximum atomic E-state index is 10.8. The lowest BCUT2D eigenvalue weighted by Gasteiger charge is -2.10. The van der Waals surface area contributed by atoms with Gasteiger partial charge in [0.2, 0.25) is 0 Å². The zero-order chi connectivity index (χ0) is 13.3. The van der Waals surface area contributed by atoms with Gasteiger partial charge >= 0.3 is 5.97 Å². The molecule has 18 heavy (non-hydrogen) atoms. The molecule has 2 rings (SSSR count). The van der Waals surface area contributed by atoms with Crippen LogP contribution in [0.1, 0.15) is 34.5 Å². The Morgan fingerprint density at radius 3 is 2.67 bits per heavy atom. The second-order valence-electron chi connectivity index (χ2n) is 3.98. The number of rotatable bonds is 3. The van der Waals surface area contributed by atoms with Crippen LogP contribution in [0.2, 0.25) is 0 Å². The van der Waals surface area contributed by atoms with Gasteiger partial charge in [-0.15, -0.1) is 0 Å². The minimum absolute atomic E-state index is 0.00553. The lowest BCUT2D eigenvalue weighted by atomic mass is 10.1. The summed E-state index contributed by atoms with van der Waals surface area (Å²) in [7, 11) is 0. The molecule has 0 bridgehead atoms.